The molecule has 2 aromatic carbocycles. The number of aromatic nitrogens is 2. The average Bonchev–Trinajstić information content (AvgIpc) is 3.25. The van der Waals surface area contributed by atoms with Gasteiger partial charge in [0.2, 0.25) is 0 Å². The van der Waals surface area contributed by atoms with Crippen LogP contribution in [0.4, 0.5) is 18.9 Å². The van der Waals surface area contributed by atoms with Gasteiger partial charge in [0.15, 0.2) is 17.4 Å². The number of amides is 2. The van der Waals surface area contributed by atoms with Crippen LogP contribution in [0.1, 0.15) is 33.0 Å². The van der Waals surface area contributed by atoms with Crippen LogP contribution >= 0.6 is 11.6 Å². The summed E-state index contributed by atoms with van der Waals surface area (Å²) in [5.41, 5.74) is -0.212. The second-order valence-corrected chi connectivity index (χ2v) is 8.47. The Morgan fingerprint density at radius 1 is 1.19 bits per heavy atom. The fourth-order valence-corrected chi connectivity index (χ4v) is 4.29. The molecule has 0 radical (unpaired) electrons. The topological polar surface area (TPSA) is 88.5 Å². The molecular formula is C24H23ClF3N5O3. The molecule has 4 rings (SSSR count). The molecule has 2 heterocycles. The number of ether oxygens (including phenoxy) is 1. The molecule has 1 aromatic heterocycles. The Hall–Kier alpha value is -3.57. The molecule has 3 aromatic rings. The number of hydrogen-bond acceptors (Lipinski definition) is 5. The van der Waals surface area contributed by atoms with Gasteiger partial charge in [-0.25, -0.2) is 18.2 Å². The molecule has 0 unspecified atom stereocenters. The van der Waals surface area contributed by atoms with Crippen LogP contribution in [0.2, 0.25) is 5.02 Å². The number of benzene rings is 2. The van der Waals surface area contributed by atoms with Gasteiger partial charge in [-0.1, -0.05) is 11.6 Å². The first-order valence-corrected chi connectivity index (χ1v) is 11.4. The largest absolute Gasteiger partial charge is 0.494 e. The number of alkyl halides is 2. The number of carbonyl (C=O) groups excluding carboxylic acids is 2. The summed E-state index contributed by atoms with van der Waals surface area (Å²) in [5.74, 6) is -2.44. The smallest absolute Gasteiger partial charge is 0.291 e. The highest BCUT2D eigenvalue weighted by molar-refractivity contribution is 6.34. The van der Waals surface area contributed by atoms with E-state index >= 15 is 0 Å². The first kappa shape index (κ1) is 25.5. The fourth-order valence-electron chi connectivity index (χ4n) is 4.03. The van der Waals surface area contributed by atoms with E-state index in [4.69, 9.17) is 16.3 Å². The highest BCUT2D eigenvalue weighted by atomic mass is 35.5. The van der Waals surface area contributed by atoms with Crippen molar-refractivity contribution in [3.05, 3.63) is 64.3 Å². The number of nitrogens with zero attached hydrogens (tertiary/aromatic N) is 3. The Balaban J connectivity index is 1.56. The highest BCUT2D eigenvalue weighted by Crippen LogP contribution is 2.37. The number of methoxy groups -OCH3 is 1. The second-order valence-electron chi connectivity index (χ2n) is 8.06. The van der Waals surface area contributed by atoms with Gasteiger partial charge in [-0.05, 0) is 30.3 Å². The zero-order chi connectivity index (χ0) is 26.0. The molecule has 8 nitrogen and oxygen atoms in total. The van der Waals surface area contributed by atoms with Gasteiger partial charge in [-0.2, -0.15) is 0 Å². The molecule has 0 aliphatic carbocycles. The van der Waals surface area contributed by atoms with Gasteiger partial charge in [-0.15, -0.1) is 0 Å². The van der Waals surface area contributed by atoms with Crippen LogP contribution in [0.3, 0.4) is 0 Å². The maximum absolute atomic E-state index is 14.5. The van der Waals surface area contributed by atoms with E-state index in [2.05, 4.69) is 15.6 Å². The third-order valence-corrected chi connectivity index (χ3v) is 6.22. The van der Waals surface area contributed by atoms with Crippen molar-refractivity contribution >= 4 is 29.1 Å². The molecule has 36 heavy (non-hydrogen) atoms. The van der Waals surface area contributed by atoms with E-state index in [1.54, 1.807) is 4.90 Å². The summed E-state index contributed by atoms with van der Waals surface area (Å²) in [5, 5.41) is 5.98. The first-order valence-electron chi connectivity index (χ1n) is 11.0. The molecule has 2 amide bonds. The van der Waals surface area contributed by atoms with Gasteiger partial charge in [-0.3, -0.25) is 9.59 Å². The van der Waals surface area contributed by atoms with E-state index in [0.717, 1.165) is 0 Å². The summed E-state index contributed by atoms with van der Waals surface area (Å²) in [4.78, 5) is 31.3. The average molecular weight is 522 g/mol. The molecule has 0 bridgehead atoms. The van der Waals surface area contributed by atoms with Crippen molar-refractivity contribution in [2.24, 2.45) is 7.05 Å². The maximum Gasteiger partial charge on any atom is 0.291 e. The standard InChI is InChI=1S/C24H23ClF3N5O3/c1-32-17(15-5-6-18(36-2)20(26)19(15)21(27)28)12-30-22(32)23(34)31-13-3-4-14(16(25)11-13)24(35)33-9-7-29-8-10-33/h3-6,11-12,21,29H,7-10H2,1-2H3,(H,31,34). The van der Waals surface area contributed by atoms with E-state index in [1.807, 2.05) is 0 Å². The Labute approximate surface area is 210 Å². The Morgan fingerprint density at radius 3 is 2.56 bits per heavy atom. The van der Waals surface area contributed by atoms with E-state index < -0.39 is 23.7 Å². The van der Waals surface area contributed by atoms with Gasteiger partial charge in [0.25, 0.3) is 18.2 Å². The fraction of sp³-hybridized carbons (Fsp3) is 0.292. The number of hydrogen-bond donors (Lipinski definition) is 2. The molecule has 1 aliphatic rings. The predicted octanol–water partition coefficient (Wildman–Crippen LogP) is 4.12. The monoisotopic (exact) mass is 521 g/mol. The molecule has 12 heteroatoms. The van der Waals surface area contributed by atoms with Crippen molar-refractivity contribution < 1.29 is 27.5 Å². The Kier molecular flexibility index (Phi) is 7.51. The number of anilines is 1. The zero-order valence-electron chi connectivity index (χ0n) is 19.4. The van der Waals surface area contributed by atoms with Crippen LogP contribution in [-0.4, -0.2) is 59.6 Å². The lowest BCUT2D eigenvalue weighted by Gasteiger charge is -2.27. The molecule has 1 fully saturated rings. The van der Waals surface area contributed by atoms with Crippen molar-refractivity contribution in [3.63, 3.8) is 0 Å². The van der Waals surface area contributed by atoms with Crippen molar-refractivity contribution in [1.82, 2.24) is 19.8 Å². The molecular weight excluding hydrogens is 499 g/mol. The van der Waals surface area contributed by atoms with Crippen LogP contribution in [0, 0.1) is 5.82 Å². The number of carbonyl (C=O) groups is 2. The molecule has 0 atom stereocenters. The quantitative estimate of drug-likeness (QED) is 0.509. The predicted molar refractivity (Wildman–Crippen MR) is 128 cm³/mol. The summed E-state index contributed by atoms with van der Waals surface area (Å²) in [6.07, 6.45) is -1.91. The van der Waals surface area contributed by atoms with E-state index in [0.29, 0.717) is 37.4 Å². The summed E-state index contributed by atoms with van der Waals surface area (Å²) in [6.45, 7) is 2.54. The van der Waals surface area contributed by atoms with Crippen LogP contribution in [-0.2, 0) is 7.05 Å². The Morgan fingerprint density at radius 2 is 1.92 bits per heavy atom. The minimum atomic E-state index is -3.12. The lowest BCUT2D eigenvalue weighted by Crippen LogP contribution is -2.46. The van der Waals surface area contributed by atoms with E-state index in [-0.39, 0.29) is 33.8 Å². The van der Waals surface area contributed by atoms with Crippen molar-refractivity contribution in [3.8, 4) is 17.0 Å². The van der Waals surface area contributed by atoms with Gasteiger partial charge in [0.1, 0.15) is 0 Å². The SMILES string of the molecule is COc1ccc(-c2cnc(C(=O)Nc3ccc(C(=O)N4CCNCC4)c(Cl)c3)n2C)c(C(F)F)c1F. The third-order valence-electron chi connectivity index (χ3n) is 5.91. The second kappa shape index (κ2) is 10.6. The third kappa shape index (κ3) is 4.89. The molecule has 0 spiro atoms. The van der Waals surface area contributed by atoms with Gasteiger partial charge in [0, 0.05) is 44.5 Å². The van der Waals surface area contributed by atoms with Gasteiger partial charge < -0.3 is 24.8 Å². The van der Waals surface area contributed by atoms with E-state index in [9.17, 15) is 22.8 Å². The molecule has 1 aliphatic heterocycles. The first-order chi connectivity index (χ1) is 17.2. The molecule has 0 saturated carbocycles. The minimum absolute atomic E-state index is 0.0986. The van der Waals surface area contributed by atoms with Crippen molar-refractivity contribution in [2.75, 3.05) is 38.6 Å². The normalized spacial score (nSPS) is 13.7. The lowest BCUT2D eigenvalue weighted by atomic mass is 10.0. The van der Waals surface area contributed by atoms with Crippen LogP contribution in [0.15, 0.2) is 36.5 Å². The van der Waals surface area contributed by atoms with E-state index in [1.165, 1.54) is 55.3 Å². The number of rotatable bonds is 6. The van der Waals surface area contributed by atoms with Crippen LogP contribution < -0.4 is 15.4 Å². The molecule has 2 N–H and O–H groups in total. The number of nitrogens with one attached hydrogen (secondary N) is 2. The van der Waals surface area contributed by atoms with Crippen LogP contribution in [0.25, 0.3) is 11.3 Å². The van der Waals surface area contributed by atoms with Crippen molar-refractivity contribution in [2.45, 2.75) is 6.43 Å². The number of halogens is 4. The number of imidazole rings is 1. The molecule has 190 valence electrons. The van der Waals surface area contributed by atoms with Crippen molar-refractivity contribution in [1.29, 1.82) is 0 Å². The summed E-state index contributed by atoms with van der Waals surface area (Å²) in [6, 6.07) is 7.04. The summed E-state index contributed by atoms with van der Waals surface area (Å²) < 4.78 is 48.0. The van der Waals surface area contributed by atoms with Gasteiger partial charge in [0.05, 0.1) is 35.2 Å². The van der Waals surface area contributed by atoms with Gasteiger partial charge >= 0.3 is 0 Å². The lowest BCUT2D eigenvalue weighted by molar-refractivity contribution is 0.0736. The van der Waals surface area contributed by atoms with Crippen LogP contribution in [0.5, 0.6) is 5.75 Å². The Bertz CT molecular complexity index is 1310. The zero-order valence-corrected chi connectivity index (χ0v) is 20.2. The molecule has 1 saturated heterocycles. The number of piperazine rings is 1. The maximum atomic E-state index is 14.5. The summed E-state index contributed by atoms with van der Waals surface area (Å²) >= 11 is 6.32. The highest BCUT2D eigenvalue weighted by Gasteiger charge is 2.26. The summed E-state index contributed by atoms with van der Waals surface area (Å²) in [7, 11) is 2.64. The minimum Gasteiger partial charge on any atom is -0.494 e.